The minimum Gasteiger partial charge on any atom is -0.494 e. The first kappa shape index (κ1) is 11.4. The molecule has 1 aromatic rings. The Morgan fingerprint density at radius 2 is 2.25 bits per heavy atom. The molecule has 2 nitrogen and oxygen atoms in total. The van der Waals surface area contributed by atoms with Gasteiger partial charge in [-0.15, -0.1) is 0 Å². The third-order valence-corrected chi connectivity index (χ3v) is 3.27. The fraction of sp³-hybridized carbons (Fsp3) is 0.538. The summed E-state index contributed by atoms with van der Waals surface area (Å²) in [4.78, 5) is 2.30. The summed E-state index contributed by atoms with van der Waals surface area (Å²) >= 11 is 0. The number of methoxy groups -OCH3 is 1. The van der Waals surface area contributed by atoms with Gasteiger partial charge >= 0.3 is 0 Å². The first-order valence-electron chi connectivity index (χ1n) is 5.72. The Kier molecular flexibility index (Phi) is 3.44. The van der Waals surface area contributed by atoms with Crippen LogP contribution in [0, 0.1) is 5.82 Å². The van der Waals surface area contributed by atoms with Gasteiger partial charge in [-0.05, 0) is 50.0 Å². The van der Waals surface area contributed by atoms with Crippen molar-refractivity contribution in [3.8, 4) is 5.75 Å². The second-order valence-electron chi connectivity index (χ2n) is 4.50. The summed E-state index contributed by atoms with van der Waals surface area (Å²) in [5.41, 5.74) is 1.09. The predicted octanol–water partition coefficient (Wildman–Crippen LogP) is 2.64. The van der Waals surface area contributed by atoms with E-state index < -0.39 is 0 Å². The first-order chi connectivity index (χ1) is 7.70. The third kappa shape index (κ3) is 2.35. The Hall–Kier alpha value is -1.09. The lowest BCUT2D eigenvalue weighted by molar-refractivity contribution is 0.250. The van der Waals surface area contributed by atoms with Gasteiger partial charge in [0.2, 0.25) is 0 Å². The molecule has 1 atom stereocenters. The molecule has 0 saturated carbocycles. The summed E-state index contributed by atoms with van der Waals surface area (Å²) in [6, 6.07) is 5.31. The summed E-state index contributed by atoms with van der Waals surface area (Å²) < 4.78 is 18.5. The van der Waals surface area contributed by atoms with E-state index in [4.69, 9.17) is 4.74 Å². The Balaban J connectivity index is 2.17. The average molecular weight is 223 g/mol. The van der Waals surface area contributed by atoms with Crippen LogP contribution < -0.4 is 4.74 Å². The summed E-state index contributed by atoms with van der Waals surface area (Å²) in [5, 5.41) is 0. The van der Waals surface area contributed by atoms with Crippen molar-refractivity contribution < 1.29 is 9.13 Å². The van der Waals surface area contributed by atoms with E-state index in [0.717, 1.165) is 25.1 Å². The number of piperidine rings is 1. The van der Waals surface area contributed by atoms with Crippen LogP contribution in [0.25, 0.3) is 0 Å². The molecule has 1 heterocycles. The summed E-state index contributed by atoms with van der Waals surface area (Å²) in [6.07, 6.45) is 2.34. The predicted molar refractivity (Wildman–Crippen MR) is 62.4 cm³/mol. The number of benzene rings is 1. The topological polar surface area (TPSA) is 12.5 Å². The zero-order chi connectivity index (χ0) is 11.5. The van der Waals surface area contributed by atoms with Crippen LogP contribution >= 0.6 is 0 Å². The van der Waals surface area contributed by atoms with E-state index in [1.165, 1.54) is 13.5 Å². The van der Waals surface area contributed by atoms with Gasteiger partial charge in [0.25, 0.3) is 0 Å². The third-order valence-electron chi connectivity index (χ3n) is 3.27. The van der Waals surface area contributed by atoms with Gasteiger partial charge in [0.05, 0.1) is 7.11 Å². The molecule has 1 aliphatic rings. The molecule has 0 aromatic heterocycles. The second kappa shape index (κ2) is 4.83. The summed E-state index contributed by atoms with van der Waals surface area (Å²) in [6.45, 7) is 2.17. The van der Waals surface area contributed by atoms with Gasteiger partial charge in [0.1, 0.15) is 0 Å². The smallest absolute Gasteiger partial charge is 0.165 e. The fourth-order valence-electron chi connectivity index (χ4n) is 2.38. The van der Waals surface area contributed by atoms with Crippen LogP contribution in [-0.4, -0.2) is 32.1 Å². The molecule has 0 bridgehead atoms. The number of likely N-dealkylation sites (N-methyl/N-ethyl adjacent to an activating group) is 1. The minimum atomic E-state index is -0.256. The molecule has 88 valence electrons. The quantitative estimate of drug-likeness (QED) is 0.764. The SMILES string of the molecule is COc1ccc(C2CCCN(C)C2)cc1F. The minimum absolute atomic E-state index is 0.256. The molecule has 0 spiro atoms. The van der Waals surface area contributed by atoms with Crippen LogP contribution in [0.5, 0.6) is 5.75 Å². The maximum Gasteiger partial charge on any atom is 0.165 e. The van der Waals surface area contributed by atoms with Gasteiger partial charge in [0, 0.05) is 6.54 Å². The molecule has 1 aromatic carbocycles. The van der Waals surface area contributed by atoms with Crippen LogP contribution in [0.3, 0.4) is 0 Å². The lowest BCUT2D eigenvalue weighted by Gasteiger charge is -2.30. The van der Waals surface area contributed by atoms with Gasteiger partial charge in [0.15, 0.2) is 11.6 Å². The van der Waals surface area contributed by atoms with Crippen LogP contribution in [0.15, 0.2) is 18.2 Å². The van der Waals surface area contributed by atoms with Crippen molar-refractivity contribution >= 4 is 0 Å². The highest BCUT2D eigenvalue weighted by Gasteiger charge is 2.19. The van der Waals surface area contributed by atoms with Gasteiger partial charge in [-0.25, -0.2) is 4.39 Å². The number of ether oxygens (including phenoxy) is 1. The molecule has 1 saturated heterocycles. The van der Waals surface area contributed by atoms with Gasteiger partial charge in [-0.1, -0.05) is 6.07 Å². The van der Waals surface area contributed by atoms with Crippen molar-refractivity contribution in [3.63, 3.8) is 0 Å². The van der Waals surface area contributed by atoms with Crippen molar-refractivity contribution in [2.45, 2.75) is 18.8 Å². The van der Waals surface area contributed by atoms with Crippen molar-refractivity contribution in [3.05, 3.63) is 29.6 Å². The Morgan fingerprint density at radius 1 is 1.44 bits per heavy atom. The first-order valence-corrected chi connectivity index (χ1v) is 5.72. The highest BCUT2D eigenvalue weighted by atomic mass is 19.1. The van der Waals surface area contributed by atoms with E-state index in [9.17, 15) is 4.39 Å². The lowest BCUT2D eigenvalue weighted by atomic mass is 9.91. The standard InChI is InChI=1S/C13H18FNO/c1-15-7-3-4-11(9-15)10-5-6-13(16-2)12(14)8-10/h5-6,8,11H,3-4,7,9H2,1-2H3. The fourth-order valence-corrected chi connectivity index (χ4v) is 2.38. The van der Waals surface area contributed by atoms with E-state index in [-0.39, 0.29) is 5.82 Å². The Morgan fingerprint density at radius 3 is 2.88 bits per heavy atom. The molecule has 0 radical (unpaired) electrons. The number of rotatable bonds is 2. The normalized spacial score (nSPS) is 22.1. The van der Waals surface area contributed by atoms with E-state index in [1.54, 1.807) is 12.1 Å². The molecule has 3 heteroatoms. The van der Waals surface area contributed by atoms with Crippen molar-refractivity contribution in [2.75, 3.05) is 27.2 Å². The highest BCUT2D eigenvalue weighted by Crippen LogP contribution is 2.29. The maximum absolute atomic E-state index is 13.6. The molecular weight excluding hydrogens is 205 g/mol. The van der Waals surface area contributed by atoms with Crippen LogP contribution in [0.4, 0.5) is 4.39 Å². The number of halogens is 1. The maximum atomic E-state index is 13.6. The van der Waals surface area contributed by atoms with E-state index in [2.05, 4.69) is 11.9 Å². The summed E-state index contributed by atoms with van der Waals surface area (Å²) in [5.74, 6) is 0.528. The number of hydrogen-bond acceptors (Lipinski definition) is 2. The molecular formula is C13H18FNO. The molecule has 0 N–H and O–H groups in total. The van der Waals surface area contributed by atoms with Crippen LogP contribution in [0.2, 0.25) is 0 Å². The van der Waals surface area contributed by atoms with Gasteiger partial charge < -0.3 is 9.64 Å². The Labute approximate surface area is 96.0 Å². The van der Waals surface area contributed by atoms with Crippen molar-refractivity contribution in [1.29, 1.82) is 0 Å². The van der Waals surface area contributed by atoms with Crippen molar-refractivity contribution in [2.24, 2.45) is 0 Å². The van der Waals surface area contributed by atoms with E-state index in [1.807, 2.05) is 6.07 Å². The molecule has 16 heavy (non-hydrogen) atoms. The second-order valence-corrected chi connectivity index (χ2v) is 4.50. The molecule has 1 aliphatic heterocycles. The van der Waals surface area contributed by atoms with E-state index >= 15 is 0 Å². The number of hydrogen-bond donors (Lipinski definition) is 0. The van der Waals surface area contributed by atoms with Gasteiger partial charge in [-0.2, -0.15) is 0 Å². The Bertz CT molecular complexity index is 367. The van der Waals surface area contributed by atoms with E-state index in [0.29, 0.717) is 11.7 Å². The largest absolute Gasteiger partial charge is 0.494 e. The molecule has 1 unspecified atom stereocenters. The van der Waals surface area contributed by atoms with Gasteiger partial charge in [-0.3, -0.25) is 0 Å². The van der Waals surface area contributed by atoms with Crippen LogP contribution in [0.1, 0.15) is 24.3 Å². The monoisotopic (exact) mass is 223 g/mol. The van der Waals surface area contributed by atoms with Crippen molar-refractivity contribution in [1.82, 2.24) is 4.90 Å². The molecule has 1 fully saturated rings. The summed E-state index contributed by atoms with van der Waals surface area (Å²) in [7, 11) is 3.61. The lowest BCUT2D eigenvalue weighted by Crippen LogP contribution is -2.30. The molecule has 0 amide bonds. The van der Waals surface area contributed by atoms with Crippen LogP contribution in [-0.2, 0) is 0 Å². The highest BCUT2D eigenvalue weighted by molar-refractivity contribution is 5.31. The molecule has 2 rings (SSSR count). The average Bonchev–Trinajstić information content (AvgIpc) is 2.29. The number of likely N-dealkylation sites (tertiary alicyclic amines) is 1. The zero-order valence-corrected chi connectivity index (χ0v) is 9.87. The molecule has 0 aliphatic carbocycles. The number of nitrogens with zero attached hydrogens (tertiary/aromatic N) is 1. The zero-order valence-electron chi connectivity index (χ0n) is 9.87.